The van der Waals surface area contributed by atoms with E-state index in [0.717, 1.165) is 6.42 Å². The lowest BCUT2D eigenvalue weighted by molar-refractivity contribution is -0.157. The van der Waals surface area contributed by atoms with Gasteiger partial charge in [-0.1, -0.05) is 0 Å². The minimum Gasteiger partial charge on any atom is -0.465 e. The predicted molar refractivity (Wildman–Crippen MR) is 90.4 cm³/mol. The lowest BCUT2D eigenvalue weighted by Gasteiger charge is -2.22. The van der Waals surface area contributed by atoms with E-state index in [0.29, 0.717) is 17.7 Å². The minimum absolute atomic E-state index is 0.0483. The lowest BCUT2D eigenvalue weighted by atomic mass is 9.80. The molecule has 1 saturated heterocycles. The van der Waals surface area contributed by atoms with Gasteiger partial charge in [-0.3, -0.25) is 14.4 Å². The summed E-state index contributed by atoms with van der Waals surface area (Å²) in [5.74, 6) is -2.52. The summed E-state index contributed by atoms with van der Waals surface area (Å²) in [7, 11) is 1.29. The molecule has 1 heterocycles. The predicted octanol–water partition coefficient (Wildman–Crippen LogP) is 1.15. The van der Waals surface area contributed by atoms with Crippen LogP contribution in [0.4, 0.5) is 5.69 Å². The van der Waals surface area contributed by atoms with Gasteiger partial charge in [-0.25, -0.2) is 4.79 Å². The van der Waals surface area contributed by atoms with Crippen molar-refractivity contribution in [1.29, 1.82) is 0 Å². The molecule has 5 atom stereocenters. The van der Waals surface area contributed by atoms with Crippen molar-refractivity contribution in [3.05, 3.63) is 29.8 Å². The Bertz CT molecular complexity index is 801. The van der Waals surface area contributed by atoms with Crippen LogP contribution in [0.15, 0.2) is 24.3 Å². The number of benzene rings is 1. The number of carbonyl (C=O) groups excluding carboxylic acids is 4. The Kier molecular flexibility index (Phi) is 4.33. The summed E-state index contributed by atoms with van der Waals surface area (Å²) >= 11 is 0. The quantitative estimate of drug-likeness (QED) is 0.609. The van der Waals surface area contributed by atoms with E-state index in [1.54, 1.807) is 12.1 Å². The summed E-state index contributed by atoms with van der Waals surface area (Å²) in [5, 5.41) is 2.59. The van der Waals surface area contributed by atoms with Crippen LogP contribution in [0.3, 0.4) is 0 Å². The Hall–Kier alpha value is -2.90. The molecule has 0 aromatic heterocycles. The molecule has 0 radical (unpaired) electrons. The molecule has 2 saturated carbocycles. The highest BCUT2D eigenvalue weighted by molar-refractivity contribution is 5.95. The van der Waals surface area contributed by atoms with Crippen LogP contribution in [0.25, 0.3) is 0 Å². The largest absolute Gasteiger partial charge is 0.465 e. The van der Waals surface area contributed by atoms with Crippen molar-refractivity contribution in [2.24, 2.45) is 23.7 Å². The van der Waals surface area contributed by atoms with E-state index < -0.39 is 36.3 Å². The molecular weight excluding hydrogens is 354 g/mol. The van der Waals surface area contributed by atoms with E-state index in [9.17, 15) is 19.2 Å². The van der Waals surface area contributed by atoms with Crippen molar-refractivity contribution >= 4 is 29.5 Å². The topological polar surface area (TPSA) is 108 Å². The molecule has 1 aromatic rings. The van der Waals surface area contributed by atoms with Gasteiger partial charge in [0.05, 0.1) is 24.5 Å². The first-order valence-electron chi connectivity index (χ1n) is 8.83. The summed E-state index contributed by atoms with van der Waals surface area (Å²) in [6.07, 6.45) is 1.46. The molecule has 0 spiro atoms. The number of amides is 1. The number of hydrogen-bond acceptors (Lipinski definition) is 7. The fourth-order valence-corrected chi connectivity index (χ4v) is 4.56. The van der Waals surface area contributed by atoms with E-state index >= 15 is 0 Å². The van der Waals surface area contributed by atoms with E-state index in [1.165, 1.54) is 19.2 Å². The molecule has 27 heavy (non-hydrogen) atoms. The highest BCUT2D eigenvalue weighted by Crippen LogP contribution is 2.57. The Morgan fingerprint density at radius 3 is 2.63 bits per heavy atom. The van der Waals surface area contributed by atoms with Gasteiger partial charge in [0.2, 0.25) is 0 Å². The van der Waals surface area contributed by atoms with Crippen LogP contribution in [-0.2, 0) is 28.6 Å². The van der Waals surface area contributed by atoms with Gasteiger partial charge < -0.3 is 19.5 Å². The van der Waals surface area contributed by atoms with Crippen LogP contribution >= 0.6 is 0 Å². The number of ether oxygens (including phenoxy) is 3. The van der Waals surface area contributed by atoms with Gasteiger partial charge in [-0.05, 0) is 43.0 Å². The van der Waals surface area contributed by atoms with E-state index in [1.807, 2.05) is 0 Å². The fourth-order valence-electron chi connectivity index (χ4n) is 4.56. The second-order valence-corrected chi connectivity index (χ2v) is 7.15. The number of fused-ring (bicyclic) bond motifs is 1. The number of rotatable bonds is 5. The first kappa shape index (κ1) is 17.5. The SMILES string of the molecule is COC(=O)c1ccc(NC(=O)COC(=O)[C@@H]2[C@@H]3C[C@H]4[C@@H]2C(=O)O[C@@H]4C3)cc1. The molecule has 1 aliphatic heterocycles. The molecule has 2 bridgehead atoms. The molecule has 1 aromatic carbocycles. The van der Waals surface area contributed by atoms with E-state index in [2.05, 4.69) is 10.1 Å². The molecule has 8 heteroatoms. The van der Waals surface area contributed by atoms with Crippen molar-refractivity contribution in [3.63, 3.8) is 0 Å². The molecule has 3 aliphatic rings. The number of esters is 3. The smallest absolute Gasteiger partial charge is 0.337 e. The zero-order chi connectivity index (χ0) is 19.1. The number of nitrogens with one attached hydrogen (secondary N) is 1. The summed E-state index contributed by atoms with van der Waals surface area (Å²) in [6.45, 7) is -0.434. The zero-order valence-corrected chi connectivity index (χ0v) is 14.7. The average Bonchev–Trinajstić information content (AvgIpc) is 3.28. The molecule has 1 N–H and O–H groups in total. The average molecular weight is 373 g/mol. The molecule has 8 nitrogen and oxygen atoms in total. The Morgan fingerprint density at radius 1 is 1.19 bits per heavy atom. The zero-order valence-electron chi connectivity index (χ0n) is 14.7. The molecule has 1 amide bonds. The van der Waals surface area contributed by atoms with Crippen LogP contribution in [0.5, 0.6) is 0 Å². The molecule has 4 rings (SSSR count). The molecule has 142 valence electrons. The van der Waals surface area contributed by atoms with Crippen LogP contribution in [0, 0.1) is 23.7 Å². The standard InChI is InChI=1S/C19H19NO7/c1-25-17(22)9-2-4-11(5-3-9)20-14(21)8-26-18(23)15-10-6-12-13(7-10)27-19(24)16(12)15/h2-5,10,12-13,15-16H,6-8H2,1H3,(H,20,21)/t10-,12-,13-,15-,16+/m1/s1. The third kappa shape index (κ3) is 3.05. The number of methoxy groups -OCH3 is 1. The van der Waals surface area contributed by atoms with Crippen LogP contribution in [0.2, 0.25) is 0 Å². The first-order valence-corrected chi connectivity index (χ1v) is 8.83. The second-order valence-electron chi connectivity index (χ2n) is 7.15. The van der Waals surface area contributed by atoms with Gasteiger partial charge in [0.15, 0.2) is 6.61 Å². The van der Waals surface area contributed by atoms with Gasteiger partial charge in [-0.2, -0.15) is 0 Å². The maximum atomic E-state index is 12.4. The van der Waals surface area contributed by atoms with Crippen molar-refractivity contribution in [1.82, 2.24) is 0 Å². The van der Waals surface area contributed by atoms with Crippen molar-refractivity contribution in [2.45, 2.75) is 18.9 Å². The van der Waals surface area contributed by atoms with Crippen LogP contribution < -0.4 is 5.32 Å². The van der Waals surface area contributed by atoms with Gasteiger partial charge in [-0.15, -0.1) is 0 Å². The highest BCUT2D eigenvalue weighted by Gasteiger charge is 2.64. The van der Waals surface area contributed by atoms with E-state index in [4.69, 9.17) is 9.47 Å². The monoisotopic (exact) mass is 373 g/mol. The normalized spacial score (nSPS) is 30.0. The highest BCUT2D eigenvalue weighted by atomic mass is 16.6. The summed E-state index contributed by atoms with van der Waals surface area (Å²) in [4.78, 5) is 47.8. The summed E-state index contributed by atoms with van der Waals surface area (Å²) in [6, 6.07) is 6.14. The second kappa shape index (κ2) is 6.68. The summed E-state index contributed by atoms with van der Waals surface area (Å²) < 4.78 is 15.1. The lowest BCUT2D eigenvalue weighted by Crippen LogP contribution is -2.34. The number of anilines is 1. The molecular formula is C19H19NO7. The molecule has 0 unspecified atom stereocenters. The van der Waals surface area contributed by atoms with Crippen molar-refractivity contribution in [2.75, 3.05) is 19.0 Å². The van der Waals surface area contributed by atoms with Gasteiger partial charge in [0.1, 0.15) is 6.10 Å². The summed E-state index contributed by atoms with van der Waals surface area (Å²) in [5.41, 5.74) is 0.825. The van der Waals surface area contributed by atoms with Crippen molar-refractivity contribution in [3.8, 4) is 0 Å². The Labute approximate surface area is 155 Å². The van der Waals surface area contributed by atoms with Crippen LogP contribution in [-0.4, -0.2) is 43.6 Å². The third-order valence-electron chi connectivity index (χ3n) is 5.69. The molecule has 2 aliphatic carbocycles. The number of carbonyl (C=O) groups is 4. The fraction of sp³-hybridized carbons (Fsp3) is 0.474. The van der Waals surface area contributed by atoms with Crippen molar-refractivity contribution < 1.29 is 33.4 Å². The minimum atomic E-state index is -0.513. The van der Waals surface area contributed by atoms with Gasteiger partial charge >= 0.3 is 17.9 Å². The number of hydrogen-bond donors (Lipinski definition) is 1. The van der Waals surface area contributed by atoms with Gasteiger partial charge in [0, 0.05) is 11.6 Å². The molecule has 3 fully saturated rings. The Morgan fingerprint density at radius 2 is 1.93 bits per heavy atom. The Balaban J connectivity index is 1.30. The maximum absolute atomic E-state index is 12.4. The first-order chi connectivity index (χ1) is 13.0. The van der Waals surface area contributed by atoms with Gasteiger partial charge in [0.25, 0.3) is 5.91 Å². The third-order valence-corrected chi connectivity index (χ3v) is 5.69. The maximum Gasteiger partial charge on any atom is 0.337 e. The van der Waals surface area contributed by atoms with E-state index in [-0.39, 0.29) is 23.9 Å². The van der Waals surface area contributed by atoms with Crippen LogP contribution in [0.1, 0.15) is 23.2 Å².